The van der Waals surface area contributed by atoms with Gasteiger partial charge in [-0.2, -0.15) is 5.26 Å². The van der Waals surface area contributed by atoms with E-state index < -0.39 is 5.38 Å². The summed E-state index contributed by atoms with van der Waals surface area (Å²) in [6, 6.07) is 6.10. The van der Waals surface area contributed by atoms with E-state index in [1.165, 1.54) is 11.1 Å². The van der Waals surface area contributed by atoms with Crippen LogP contribution >= 0.6 is 11.6 Å². The number of ether oxygens (including phenoxy) is 2. The van der Waals surface area contributed by atoms with E-state index in [1.807, 2.05) is 12.1 Å². The zero-order valence-electron chi connectivity index (χ0n) is 11.1. The highest BCUT2D eigenvalue weighted by Gasteiger charge is 2.20. The number of fused-ring (bicyclic) bond motifs is 1. The van der Waals surface area contributed by atoms with Crippen LogP contribution in [-0.4, -0.2) is 37.6 Å². The third-order valence-corrected chi connectivity index (χ3v) is 3.59. The number of hydrogen-bond acceptors (Lipinski definition) is 4. The van der Waals surface area contributed by atoms with Crippen molar-refractivity contribution >= 4 is 11.6 Å². The summed E-state index contributed by atoms with van der Waals surface area (Å²) < 4.78 is 10.6. The molecular formula is C14H17ClN2O2. The Hall–Kier alpha value is -1.44. The van der Waals surface area contributed by atoms with Gasteiger partial charge in [0, 0.05) is 19.6 Å². The van der Waals surface area contributed by atoms with E-state index >= 15 is 0 Å². The number of benzene rings is 1. The lowest BCUT2D eigenvalue weighted by Crippen LogP contribution is -2.34. The fraction of sp³-hybridized carbons (Fsp3) is 0.500. The maximum atomic E-state index is 8.77. The van der Waals surface area contributed by atoms with E-state index in [1.54, 1.807) is 14.2 Å². The molecule has 0 saturated heterocycles. The average Bonchev–Trinajstić information content (AvgIpc) is 2.45. The fourth-order valence-corrected chi connectivity index (χ4v) is 2.56. The number of halogens is 1. The molecule has 0 aromatic heterocycles. The molecule has 1 aromatic carbocycles. The van der Waals surface area contributed by atoms with Gasteiger partial charge in [0.25, 0.3) is 0 Å². The lowest BCUT2D eigenvalue weighted by Gasteiger charge is -2.29. The molecule has 2 rings (SSSR count). The van der Waals surface area contributed by atoms with Crippen LogP contribution in [0.3, 0.4) is 0 Å². The van der Waals surface area contributed by atoms with Crippen LogP contribution in [0, 0.1) is 11.3 Å². The van der Waals surface area contributed by atoms with Crippen molar-refractivity contribution in [1.29, 1.82) is 5.26 Å². The Morgan fingerprint density at radius 2 is 1.95 bits per heavy atom. The summed E-state index contributed by atoms with van der Waals surface area (Å²) in [4.78, 5) is 2.19. The molecule has 0 radical (unpaired) electrons. The first-order valence-electron chi connectivity index (χ1n) is 6.17. The topological polar surface area (TPSA) is 45.5 Å². The van der Waals surface area contributed by atoms with Gasteiger partial charge >= 0.3 is 0 Å². The van der Waals surface area contributed by atoms with E-state index in [9.17, 15) is 0 Å². The molecule has 1 aliphatic rings. The predicted octanol–water partition coefficient (Wildman–Crippen LogP) is 2.19. The number of alkyl halides is 1. The molecule has 4 nitrogen and oxygen atoms in total. The van der Waals surface area contributed by atoms with Crippen LogP contribution in [0.5, 0.6) is 11.5 Å². The summed E-state index contributed by atoms with van der Waals surface area (Å²) in [7, 11) is 3.28. The van der Waals surface area contributed by atoms with Crippen molar-refractivity contribution < 1.29 is 9.47 Å². The highest BCUT2D eigenvalue weighted by atomic mass is 35.5. The normalized spacial score (nSPS) is 16.3. The second-order valence-electron chi connectivity index (χ2n) is 4.56. The van der Waals surface area contributed by atoms with Gasteiger partial charge in [0.15, 0.2) is 11.5 Å². The van der Waals surface area contributed by atoms with Gasteiger partial charge in [0.05, 0.1) is 20.3 Å². The van der Waals surface area contributed by atoms with Crippen molar-refractivity contribution in [3.05, 3.63) is 23.3 Å². The standard InChI is InChI=1S/C14H17ClN2O2/c1-18-13-5-10-3-4-17(9-12(15)7-16)8-11(10)6-14(13)19-2/h5-6,12H,3-4,8-9H2,1-2H3. The van der Waals surface area contributed by atoms with Crippen molar-refractivity contribution in [2.45, 2.75) is 18.3 Å². The second kappa shape index (κ2) is 6.14. The Balaban J connectivity index is 2.18. The minimum Gasteiger partial charge on any atom is -0.493 e. The van der Waals surface area contributed by atoms with E-state index in [0.29, 0.717) is 6.54 Å². The number of nitrogens with zero attached hydrogens (tertiary/aromatic N) is 2. The molecule has 0 fully saturated rings. The average molecular weight is 281 g/mol. The van der Waals surface area contributed by atoms with E-state index in [-0.39, 0.29) is 0 Å². The lowest BCUT2D eigenvalue weighted by molar-refractivity contribution is 0.260. The largest absolute Gasteiger partial charge is 0.493 e. The Morgan fingerprint density at radius 3 is 2.53 bits per heavy atom. The van der Waals surface area contributed by atoms with Crippen molar-refractivity contribution in [2.24, 2.45) is 0 Å². The molecule has 1 aromatic rings. The van der Waals surface area contributed by atoms with Crippen LogP contribution in [0.2, 0.25) is 0 Å². The number of nitriles is 1. The molecule has 19 heavy (non-hydrogen) atoms. The van der Waals surface area contributed by atoms with Crippen LogP contribution in [0.4, 0.5) is 0 Å². The zero-order valence-corrected chi connectivity index (χ0v) is 11.9. The minimum atomic E-state index is -0.457. The second-order valence-corrected chi connectivity index (χ2v) is 5.08. The Morgan fingerprint density at radius 1 is 1.32 bits per heavy atom. The first-order chi connectivity index (χ1) is 9.17. The zero-order chi connectivity index (χ0) is 13.8. The van der Waals surface area contributed by atoms with Crippen LogP contribution in [-0.2, 0) is 13.0 Å². The van der Waals surface area contributed by atoms with Crippen LogP contribution in [0.25, 0.3) is 0 Å². The maximum absolute atomic E-state index is 8.77. The molecule has 1 heterocycles. The van der Waals surface area contributed by atoms with Gasteiger partial charge in [-0.05, 0) is 29.7 Å². The molecule has 0 aliphatic carbocycles. The molecular weight excluding hydrogens is 264 g/mol. The van der Waals surface area contributed by atoms with E-state index in [4.69, 9.17) is 26.3 Å². The van der Waals surface area contributed by atoms with E-state index in [0.717, 1.165) is 31.0 Å². The molecule has 0 saturated carbocycles. The molecule has 1 aliphatic heterocycles. The molecule has 5 heteroatoms. The highest BCUT2D eigenvalue weighted by molar-refractivity contribution is 6.22. The summed E-state index contributed by atoms with van der Waals surface area (Å²) in [5.41, 5.74) is 2.49. The maximum Gasteiger partial charge on any atom is 0.161 e. The molecule has 0 bridgehead atoms. The predicted molar refractivity (Wildman–Crippen MR) is 73.8 cm³/mol. The fourth-order valence-electron chi connectivity index (χ4n) is 2.36. The van der Waals surface area contributed by atoms with Gasteiger partial charge in [-0.25, -0.2) is 0 Å². The first kappa shape index (κ1) is 14.0. The quantitative estimate of drug-likeness (QED) is 0.793. The minimum absolute atomic E-state index is 0.457. The van der Waals surface area contributed by atoms with Gasteiger partial charge in [-0.15, -0.1) is 11.6 Å². The molecule has 102 valence electrons. The Bertz CT molecular complexity index is 499. The molecule has 0 N–H and O–H groups in total. The Kier molecular flexibility index (Phi) is 4.52. The molecule has 1 atom stereocenters. The summed E-state index contributed by atoms with van der Waals surface area (Å²) in [6.45, 7) is 2.29. The molecule has 1 unspecified atom stereocenters. The van der Waals surface area contributed by atoms with Crippen molar-refractivity contribution in [3.8, 4) is 17.6 Å². The van der Waals surface area contributed by atoms with Crippen LogP contribution < -0.4 is 9.47 Å². The van der Waals surface area contributed by atoms with Crippen molar-refractivity contribution in [2.75, 3.05) is 27.3 Å². The number of hydrogen-bond donors (Lipinski definition) is 0. The Labute approximate surface area is 118 Å². The summed E-state index contributed by atoms with van der Waals surface area (Å²) in [5, 5.41) is 8.31. The molecule has 0 spiro atoms. The summed E-state index contributed by atoms with van der Waals surface area (Å²) in [6.07, 6.45) is 0.935. The lowest BCUT2D eigenvalue weighted by atomic mass is 9.98. The first-order valence-corrected chi connectivity index (χ1v) is 6.61. The van der Waals surface area contributed by atoms with Crippen LogP contribution in [0.1, 0.15) is 11.1 Å². The molecule has 0 amide bonds. The summed E-state index contributed by atoms with van der Waals surface area (Å²) >= 11 is 5.88. The summed E-state index contributed by atoms with van der Waals surface area (Å²) in [5.74, 6) is 1.51. The van der Waals surface area contributed by atoms with Gasteiger partial charge < -0.3 is 9.47 Å². The monoisotopic (exact) mass is 280 g/mol. The SMILES string of the molecule is COc1cc2c(cc1OC)CN(CC(Cl)C#N)CC2. The van der Waals surface area contributed by atoms with Crippen LogP contribution in [0.15, 0.2) is 12.1 Å². The van der Waals surface area contributed by atoms with E-state index in [2.05, 4.69) is 11.0 Å². The smallest absolute Gasteiger partial charge is 0.161 e. The third kappa shape index (κ3) is 3.12. The highest BCUT2D eigenvalue weighted by Crippen LogP contribution is 2.33. The van der Waals surface area contributed by atoms with Crippen molar-refractivity contribution in [3.63, 3.8) is 0 Å². The number of methoxy groups -OCH3 is 2. The third-order valence-electron chi connectivity index (χ3n) is 3.36. The van der Waals surface area contributed by atoms with Gasteiger partial charge in [-0.1, -0.05) is 0 Å². The van der Waals surface area contributed by atoms with Gasteiger partial charge in [0.2, 0.25) is 0 Å². The van der Waals surface area contributed by atoms with Gasteiger partial charge in [-0.3, -0.25) is 4.90 Å². The van der Waals surface area contributed by atoms with Gasteiger partial charge in [0.1, 0.15) is 5.38 Å². The number of rotatable bonds is 4. The van der Waals surface area contributed by atoms with Crippen molar-refractivity contribution in [1.82, 2.24) is 4.90 Å².